The Hall–Kier alpha value is -4.48. The van der Waals surface area contributed by atoms with Crippen molar-refractivity contribution < 1.29 is 9.59 Å². The third kappa shape index (κ3) is 7.49. The van der Waals surface area contributed by atoms with Crippen LogP contribution in [0.5, 0.6) is 0 Å². The Bertz CT molecular complexity index is 1840. The Labute approximate surface area is 263 Å². The van der Waals surface area contributed by atoms with Crippen LogP contribution in [0.4, 0.5) is 5.69 Å². The number of benzene rings is 3. The molecule has 0 aliphatic rings. The van der Waals surface area contributed by atoms with Crippen LogP contribution in [0.2, 0.25) is 5.02 Å². The van der Waals surface area contributed by atoms with Gasteiger partial charge in [-0.2, -0.15) is 5.26 Å². The number of amides is 1. The molecule has 0 saturated heterocycles. The summed E-state index contributed by atoms with van der Waals surface area (Å²) < 4.78 is 0. The number of nitriles is 1. The maximum Gasteiger partial charge on any atom is 0.237 e. The van der Waals surface area contributed by atoms with E-state index < -0.39 is 5.25 Å². The molecule has 1 N–H and O–H groups in total. The van der Waals surface area contributed by atoms with Crippen LogP contribution in [-0.4, -0.2) is 21.9 Å². The predicted octanol–water partition coefficient (Wildman–Crippen LogP) is 9.33. The van der Waals surface area contributed by atoms with E-state index in [9.17, 15) is 14.9 Å². The zero-order valence-electron chi connectivity index (χ0n) is 23.4. The van der Waals surface area contributed by atoms with E-state index in [4.69, 9.17) is 16.6 Å². The number of rotatable bonds is 9. The van der Waals surface area contributed by atoms with E-state index in [0.717, 1.165) is 27.1 Å². The average Bonchev–Trinajstić information content (AvgIpc) is 3.54. The second-order valence-corrected chi connectivity index (χ2v) is 12.5. The summed E-state index contributed by atoms with van der Waals surface area (Å²) in [5, 5.41) is 15.6. The van der Waals surface area contributed by atoms with Gasteiger partial charge in [0.1, 0.15) is 11.1 Å². The first-order valence-electron chi connectivity index (χ1n) is 13.4. The fraction of sp³-hybridized carbons (Fsp3) is 0.0857. The van der Waals surface area contributed by atoms with Gasteiger partial charge in [0.2, 0.25) is 5.91 Å². The molecule has 0 radical (unpaired) electrons. The fourth-order valence-corrected chi connectivity index (χ4v) is 6.02. The van der Waals surface area contributed by atoms with Gasteiger partial charge in [-0.3, -0.25) is 9.59 Å². The van der Waals surface area contributed by atoms with E-state index in [2.05, 4.69) is 11.4 Å². The summed E-state index contributed by atoms with van der Waals surface area (Å²) in [6.45, 7) is 3.78. The smallest absolute Gasteiger partial charge is 0.237 e. The number of halogens is 1. The highest BCUT2D eigenvalue weighted by Crippen LogP contribution is 2.36. The van der Waals surface area contributed by atoms with Crippen LogP contribution in [0.25, 0.3) is 28.5 Å². The number of thioether (sulfide) groups is 1. The van der Waals surface area contributed by atoms with Crippen molar-refractivity contribution >= 4 is 58.2 Å². The first-order valence-corrected chi connectivity index (χ1v) is 15.6. The Balaban J connectivity index is 1.37. The topological polar surface area (TPSA) is 82.8 Å². The van der Waals surface area contributed by atoms with Crippen LogP contribution in [0.1, 0.15) is 33.3 Å². The number of pyridine rings is 1. The molecule has 43 heavy (non-hydrogen) atoms. The minimum Gasteiger partial charge on any atom is -0.325 e. The molecule has 0 spiro atoms. The van der Waals surface area contributed by atoms with Crippen molar-refractivity contribution in [1.29, 1.82) is 5.26 Å². The first-order chi connectivity index (χ1) is 20.8. The largest absolute Gasteiger partial charge is 0.325 e. The predicted molar refractivity (Wildman–Crippen MR) is 178 cm³/mol. The second-order valence-electron chi connectivity index (χ2n) is 9.76. The molecular formula is C35H26ClN3O2S2. The van der Waals surface area contributed by atoms with Crippen molar-refractivity contribution in [3.05, 3.63) is 129 Å². The molecule has 3 aromatic carbocycles. The zero-order valence-corrected chi connectivity index (χ0v) is 25.8. The highest BCUT2D eigenvalue weighted by Gasteiger charge is 2.22. The number of ketones is 1. The van der Waals surface area contributed by atoms with Crippen molar-refractivity contribution in [2.75, 3.05) is 5.32 Å². The van der Waals surface area contributed by atoms with Gasteiger partial charge in [-0.25, -0.2) is 4.98 Å². The van der Waals surface area contributed by atoms with Gasteiger partial charge in [0, 0.05) is 32.3 Å². The third-order valence-corrected chi connectivity index (χ3v) is 8.78. The van der Waals surface area contributed by atoms with Crippen LogP contribution >= 0.6 is 34.7 Å². The number of allylic oxidation sites excluding steroid dienone is 1. The van der Waals surface area contributed by atoms with E-state index in [-0.39, 0.29) is 11.7 Å². The van der Waals surface area contributed by atoms with Crippen LogP contribution in [-0.2, 0) is 4.79 Å². The molecule has 1 atom stereocenters. The molecule has 1 amide bonds. The molecule has 5 rings (SSSR count). The summed E-state index contributed by atoms with van der Waals surface area (Å²) in [6.07, 6.45) is 3.33. The van der Waals surface area contributed by atoms with Crippen molar-refractivity contribution in [3.8, 4) is 28.5 Å². The summed E-state index contributed by atoms with van der Waals surface area (Å²) in [6, 6.07) is 30.2. The molecule has 5 aromatic rings. The molecule has 0 saturated carbocycles. The highest BCUT2D eigenvalue weighted by atomic mass is 35.5. The standard InChI is InChI=1S/C35H26ClN3O2S2/c1-22-5-3-6-26(19-22)30-20-32(24-8-12-27(36)13-9-24)39-35(31(30)21-37)43-23(2)34(41)38-28-14-10-25(11-15-28)33(40)17-16-29-7-4-18-42-29/h3-20,23H,1-2H3,(H,38,41)/b17-16+/t23-/m0/s1. The monoisotopic (exact) mass is 619 g/mol. The lowest BCUT2D eigenvalue weighted by Crippen LogP contribution is -2.22. The van der Waals surface area contributed by atoms with Crippen LogP contribution in [0, 0.1) is 18.3 Å². The van der Waals surface area contributed by atoms with Gasteiger partial charge in [0.25, 0.3) is 0 Å². The van der Waals surface area contributed by atoms with E-state index >= 15 is 0 Å². The molecule has 0 aliphatic carbocycles. The number of aryl methyl sites for hydroxylation is 1. The molecule has 2 aromatic heterocycles. The molecule has 0 fully saturated rings. The van der Waals surface area contributed by atoms with Crippen molar-refractivity contribution in [3.63, 3.8) is 0 Å². The minimum atomic E-state index is -0.569. The molecular weight excluding hydrogens is 594 g/mol. The zero-order chi connectivity index (χ0) is 30.3. The van der Waals surface area contributed by atoms with Crippen LogP contribution in [0.15, 0.2) is 107 Å². The SMILES string of the molecule is Cc1cccc(-c2cc(-c3ccc(Cl)cc3)nc(S[C@@H](C)C(=O)Nc3ccc(C(=O)/C=C/c4cccs4)cc3)c2C#N)c1. The van der Waals surface area contributed by atoms with E-state index in [0.29, 0.717) is 32.6 Å². The molecule has 0 aliphatic heterocycles. The Morgan fingerprint density at radius 2 is 1.77 bits per heavy atom. The van der Waals surface area contributed by atoms with Gasteiger partial charge < -0.3 is 5.32 Å². The summed E-state index contributed by atoms with van der Waals surface area (Å²) in [7, 11) is 0. The first kappa shape index (κ1) is 30.0. The second kappa shape index (κ2) is 13.7. The van der Waals surface area contributed by atoms with Crippen molar-refractivity contribution in [2.24, 2.45) is 0 Å². The number of nitrogens with zero attached hydrogens (tertiary/aromatic N) is 2. The van der Waals surface area contributed by atoms with Crippen LogP contribution < -0.4 is 5.32 Å². The fourth-order valence-electron chi connectivity index (χ4n) is 4.35. The number of nitrogens with one attached hydrogen (secondary N) is 1. The lowest BCUT2D eigenvalue weighted by atomic mass is 9.98. The normalized spacial score (nSPS) is 11.7. The third-order valence-electron chi connectivity index (χ3n) is 6.60. The Kier molecular flexibility index (Phi) is 9.53. The van der Waals surface area contributed by atoms with Gasteiger partial charge in [0.15, 0.2) is 5.78 Å². The van der Waals surface area contributed by atoms with Gasteiger partial charge in [-0.1, -0.05) is 71.4 Å². The minimum absolute atomic E-state index is 0.115. The quantitative estimate of drug-likeness (QED) is 0.101. The Morgan fingerprint density at radius 3 is 2.44 bits per heavy atom. The van der Waals surface area contributed by atoms with E-state index in [1.54, 1.807) is 66.8 Å². The number of carbonyl (C=O) groups is 2. The van der Waals surface area contributed by atoms with Gasteiger partial charge in [-0.15, -0.1) is 11.3 Å². The van der Waals surface area contributed by atoms with E-state index in [1.165, 1.54) is 11.8 Å². The number of thiophene rings is 1. The van der Waals surface area contributed by atoms with Crippen molar-refractivity contribution in [1.82, 2.24) is 4.98 Å². The number of hydrogen-bond acceptors (Lipinski definition) is 6. The average molecular weight is 620 g/mol. The number of anilines is 1. The van der Waals surface area contributed by atoms with Gasteiger partial charge >= 0.3 is 0 Å². The molecule has 2 heterocycles. The number of carbonyl (C=O) groups excluding carboxylic acids is 2. The number of hydrogen-bond donors (Lipinski definition) is 1. The highest BCUT2D eigenvalue weighted by molar-refractivity contribution is 8.00. The lowest BCUT2D eigenvalue weighted by molar-refractivity contribution is -0.115. The molecule has 0 unspecified atom stereocenters. The lowest BCUT2D eigenvalue weighted by Gasteiger charge is -2.16. The maximum absolute atomic E-state index is 13.2. The summed E-state index contributed by atoms with van der Waals surface area (Å²) in [5.41, 5.74) is 5.74. The molecule has 8 heteroatoms. The molecule has 0 bridgehead atoms. The summed E-state index contributed by atoms with van der Waals surface area (Å²) in [5.74, 6) is -0.364. The van der Waals surface area contributed by atoms with Gasteiger partial charge in [0.05, 0.1) is 16.5 Å². The van der Waals surface area contributed by atoms with Crippen LogP contribution in [0.3, 0.4) is 0 Å². The van der Waals surface area contributed by atoms with Gasteiger partial charge in [-0.05, 0) is 85.5 Å². The van der Waals surface area contributed by atoms with Crippen molar-refractivity contribution in [2.45, 2.75) is 24.1 Å². The Morgan fingerprint density at radius 1 is 1.00 bits per heavy atom. The summed E-state index contributed by atoms with van der Waals surface area (Å²) >= 11 is 8.90. The van der Waals surface area contributed by atoms with E-state index in [1.807, 2.05) is 66.9 Å². The number of aromatic nitrogens is 1. The molecule has 212 valence electrons. The maximum atomic E-state index is 13.2. The molecule has 5 nitrogen and oxygen atoms in total. The summed E-state index contributed by atoms with van der Waals surface area (Å²) in [4.78, 5) is 31.6.